The van der Waals surface area contributed by atoms with Gasteiger partial charge in [-0.15, -0.1) is 0 Å². The van der Waals surface area contributed by atoms with Gasteiger partial charge >= 0.3 is 0 Å². The van der Waals surface area contributed by atoms with Crippen LogP contribution >= 0.6 is 0 Å². The van der Waals surface area contributed by atoms with E-state index in [-0.39, 0.29) is 13.2 Å². The molecule has 1 saturated heterocycles. The maximum absolute atomic E-state index is 9.86. The zero-order valence-electron chi connectivity index (χ0n) is 12.3. The fourth-order valence-electron chi connectivity index (χ4n) is 2.22. The van der Waals surface area contributed by atoms with Gasteiger partial charge in [0.05, 0.1) is 13.2 Å². The van der Waals surface area contributed by atoms with Crippen LogP contribution < -0.4 is 0 Å². The molecule has 5 nitrogen and oxygen atoms in total. The van der Waals surface area contributed by atoms with Crippen LogP contribution in [-0.4, -0.2) is 59.6 Å². The number of ether oxygens (including phenoxy) is 2. The molecule has 0 saturated carbocycles. The molecule has 1 fully saturated rings. The second-order valence-corrected chi connectivity index (χ2v) is 5.17. The summed E-state index contributed by atoms with van der Waals surface area (Å²) in [5.74, 6) is 0. The minimum Gasteiger partial charge on any atom is -0.394 e. The average Bonchev–Trinajstić information content (AvgIpc) is 2.46. The minimum atomic E-state index is -1.09. The predicted octanol–water partition coefficient (Wildman–Crippen LogP) is 1.01. The highest BCUT2D eigenvalue weighted by molar-refractivity contribution is 4.87. The smallest absolute Gasteiger partial charge is 0.111 e. The highest BCUT2D eigenvalue weighted by Crippen LogP contribution is 2.18. The zero-order valence-corrected chi connectivity index (χ0v) is 12.3. The molecule has 0 aromatic rings. The molecule has 0 spiro atoms. The summed E-state index contributed by atoms with van der Waals surface area (Å²) in [6.07, 6.45) is 6.41. The van der Waals surface area contributed by atoms with E-state index in [9.17, 15) is 10.2 Å². The van der Waals surface area contributed by atoms with E-state index >= 15 is 0 Å². The summed E-state index contributed by atoms with van der Waals surface area (Å²) in [6, 6.07) is 0. The van der Waals surface area contributed by atoms with E-state index in [0.29, 0.717) is 6.61 Å². The maximum atomic E-state index is 9.86. The summed E-state index contributed by atoms with van der Waals surface area (Å²) in [6.45, 7) is 2.59. The van der Waals surface area contributed by atoms with Crippen molar-refractivity contribution in [1.82, 2.24) is 0 Å². The molecule has 5 heteroatoms. The molecule has 0 amide bonds. The number of hydrogen-bond donors (Lipinski definition) is 3. The lowest BCUT2D eigenvalue weighted by atomic mass is 10.0. The van der Waals surface area contributed by atoms with Crippen molar-refractivity contribution in [1.29, 1.82) is 0 Å². The Morgan fingerprint density at radius 3 is 2.65 bits per heavy atom. The topological polar surface area (TPSA) is 79.2 Å². The van der Waals surface area contributed by atoms with Crippen molar-refractivity contribution in [2.75, 3.05) is 19.8 Å². The summed E-state index contributed by atoms with van der Waals surface area (Å²) < 4.78 is 10.8. The van der Waals surface area contributed by atoms with E-state index in [4.69, 9.17) is 14.6 Å². The number of rotatable bonds is 9. The highest BCUT2D eigenvalue weighted by atomic mass is 16.6. The van der Waals surface area contributed by atoms with Crippen LogP contribution in [0.3, 0.4) is 0 Å². The summed E-state index contributed by atoms with van der Waals surface area (Å²) in [7, 11) is 0. The maximum Gasteiger partial charge on any atom is 0.111 e. The molecule has 4 atom stereocenters. The third-order valence-electron chi connectivity index (χ3n) is 3.52. The first-order chi connectivity index (χ1) is 9.70. The Morgan fingerprint density at radius 1 is 1.15 bits per heavy atom. The fourth-order valence-corrected chi connectivity index (χ4v) is 2.22. The van der Waals surface area contributed by atoms with Crippen LogP contribution in [0.1, 0.15) is 39.0 Å². The van der Waals surface area contributed by atoms with Gasteiger partial charge in [-0.05, 0) is 25.7 Å². The molecule has 0 radical (unpaired) electrons. The molecule has 118 valence electrons. The number of unbranched alkanes of at least 4 members (excludes halogenated alkanes) is 3. The van der Waals surface area contributed by atoms with E-state index in [1.54, 1.807) is 0 Å². The van der Waals surface area contributed by atoms with E-state index in [0.717, 1.165) is 32.1 Å². The lowest BCUT2D eigenvalue weighted by Crippen LogP contribution is -2.55. The number of hydrogen-bond acceptors (Lipinski definition) is 5. The zero-order chi connectivity index (χ0) is 14.8. The van der Waals surface area contributed by atoms with Crippen molar-refractivity contribution < 1.29 is 24.8 Å². The standard InChI is InChI=1S/C15H28O5/c1-2-3-4-5-6-7-8-9-19-13-11-20-12(10-16)14(17)15(13)18/h3-4,12-18H,2,5-11H2,1H3/b4-3+/t12-,13+,14-,15-/m1/s1. The van der Waals surface area contributed by atoms with Crippen molar-refractivity contribution >= 4 is 0 Å². The van der Waals surface area contributed by atoms with Crippen molar-refractivity contribution in [3.63, 3.8) is 0 Å². The first-order valence-electron chi connectivity index (χ1n) is 7.55. The molecule has 1 rings (SSSR count). The Hall–Kier alpha value is -0.460. The van der Waals surface area contributed by atoms with Crippen molar-refractivity contribution in [2.24, 2.45) is 0 Å². The number of aliphatic hydroxyl groups is 3. The Morgan fingerprint density at radius 2 is 1.95 bits per heavy atom. The van der Waals surface area contributed by atoms with E-state index in [2.05, 4.69) is 19.1 Å². The Bertz CT molecular complexity index is 269. The van der Waals surface area contributed by atoms with Crippen LogP contribution in [0.25, 0.3) is 0 Å². The summed E-state index contributed by atoms with van der Waals surface area (Å²) >= 11 is 0. The molecule has 1 heterocycles. The van der Waals surface area contributed by atoms with Crippen molar-refractivity contribution in [2.45, 2.75) is 63.4 Å². The SMILES string of the molecule is CC/C=C/CCCCCO[C@H]1CO[C@H](CO)[C@@H](O)[C@@H]1O. The summed E-state index contributed by atoms with van der Waals surface area (Å²) in [5, 5.41) is 28.5. The average molecular weight is 288 g/mol. The first-order valence-corrected chi connectivity index (χ1v) is 7.55. The normalized spacial score (nSPS) is 31.0. The van der Waals surface area contributed by atoms with E-state index < -0.39 is 24.4 Å². The van der Waals surface area contributed by atoms with Crippen LogP contribution in [-0.2, 0) is 9.47 Å². The Labute approximate surface area is 121 Å². The molecule has 20 heavy (non-hydrogen) atoms. The molecule has 0 unspecified atom stereocenters. The van der Waals surface area contributed by atoms with E-state index in [1.807, 2.05) is 0 Å². The molecule has 0 aliphatic carbocycles. The first kappa shape index (κ1) is 17.6. The van der Waals surface area contributed by atoms with Gasteiger partial charge in [-0.2, -0.15) is 0 Å². The number of allylic oxidation sites excluding steroid dienone is 2. The summed E-state index contributed by atoms with van der Waals surface area (Å²) in [5.41, 5.74) is 0. The molecular weight excluding hydrogens is 260 g/mol. The second kappa shape index (κ2) is 10.3. The molecular formula is C15H28O5. The van der Waals surface area contributed by atoms with Crippen molar-refractivity contribution in [3.05, 3.63) is 12.2 Å². The van der Waals surface area contributed by atoms with Gasteiger partial charge in [0.2, 0.25) is 0 Å². The third kappa shape index (κ3) is 5.89. The molecule has 0 aromatic heterocycles. The molecule has 1 aliphatic heterocycles. The van der Waals surface area contributed by atoms with Crippen LogP contribution in [0.4, 0.5) is 0 Å². The van der Waals surface area contributed by atoms with Crippen LogP contribution in [0.15, 0.2) is 12.2 Å². The van der Waals surface area contributed by atoms with Crippen LogP contribution in [0.2, 0.25) is 0 Å². The Kier molecular flexibility index (Phi) is 9.05. The highest BCUT2D eigenvalue weighted by Gasteiger charge is 2.38. The van der Waals surface area contributed by atoms with Gasteiger partial charge in [0, 0.05) is 6.61 Å². The molecule has 3 N–H and O–H groups in total. The fraction of sp³-hybridized carbons (Fsp3) is 0.867. The van der Waals surface area contributed by atoms with Crippen LogP contribution in [0, 0.1) is 0 Å². The molecule has 0 aromatic carbocycles. The van der Waals surface area contributed by atoms with Gasteiger partial charge in [0.25, 0.3) is 0 Å². The predicted molar refractivity (Wildman–Crippen MR) is 76.5 cm³/mol. The number of aliphatic hydroxyl groups excluding tert-OH is 3. The summed E-state index contributed by atoms with van der Waals surface area (Å²) in [4.78, 5) is 0. The minimum absolute atomic E-state index is 0.211. The Balaban J connectivity index is 2.09. The van der Waals surface area contributed by atoms with E-state index in [1.165, 1.54) is 0 Å². The largest absolute Gasteiger partial charge is 0.394 e. The van der Waals surface area contributed by atoms with Gasteiger partial charge in [0.15, 0.2) is 0 Å². The lowest BCUT2D eigenvalue weighted by molar-refractivity contribution is -0.208. The van der Waals surface area contributed by atoms with Crippen molar-refractivity contribution in [3.8, 4) is 0 Å². The van der Waals surface area contributed by atoms with Crippen LogP contribution in [0.5, 0.6) is 0 Å². The third-order valence-corrected chi connectivity index (χ3v) is 3.52. The lowest BCUT2D eigenvalue weighted by Gasteiger charge is -2.36. The second-order valence-electron chi connectivity index (χ2n) is 5.17. The quantitative estimate of drug-likeness (QED) is 0.436. The molecule has 1 aliphatic rings. The van der Waals surface area contributed by atoms with Gasteiger partial charge in [0.1, 0.15) is 24.4 Å². The van der Waals surface area contributed by atoms with Gasteiger partial charge in [-0.3, -0.25) is 0 Å². The monoisotopic (exact) mass is 288 g/mol. The molecule has 0 bridgehead atoms. The van der Waals surface area contributed by atoms with Gasteiger partial charge in [-0.1, -0.05) is 25.5 Å². The van der Waals surface area contributed by atoms with Gasteiger partial charge < -0.3 is 24.8 Å². The van der Waals surface area contributed by atoms with Gasteiger partial charge in [-0.25, -0.2) is 0 Å².